The molecule has 136 valence electrons. The first kappa shape index (κ1) is 18.0. The SMILES string of the molecule is COc1ccc(C)cc1CCNC(=O)c1ccccc1N1CCCC1=O. The maximum Gasteiger partial charge on any atom is 0.253 e. The first-order valence-electron chi connectivity index (χ1n) is 8.91. The first-order chi connectivity index (χ1) is 12.6. The number of hydrogen-bond acceptors (Lipinski definition) is 3. The van der Waals surface area contributed by atoms with Crippen LogP contribution in [-0.4, -0.2) is 32.0 Å². The van der Waals surface area contributed by atoms with E-state index in [-0.39, 0.29) is 11.8 Å². The van der Waals surface area contributed by atoms with Crippen molar-refractivity contribution in [3.8, 4) is 5.75 Å². The van der Waals surface area contributed by atoms with Gasteiger partial charge in [-0.1, -0.05) is 29.8 Å². The lowest BCUT2D eigenvalue weighted by Gasteiger charge is -2.19. The fraction of sp³-hybridized carbons (Fsp3) is 0.333. The monoisotopic (exact) mass is 352 g/mol. The number of benzene rings is 2. The van der Waals surface area contributed by atoms with E-state index >= 15 is 0 Å². The van der Waals surface area contributed by atoms with E-state index in [1.807, 2.05) is 37.3 Å². The highest BCUT2D eigenvalue weighted by atomic mass is 16.5. The Balaban J connectivity index is 1.68. The predicted molar refractivity (Wildman–Crippen MR) is 102 cm³/mol. The van der Waals surface area contributed by atoms with Crippen LogP contribution in [0.3, 0.4) is 0 Å². The van der Waals surface area contributed by atoms with Crippen LogP contribution in [0.25, 0.3) is 0 Å². The molecule has 2 aromatic rings. The second-order valence-electron chi connectivity index (χ2n) is 6.49. The summed E-state index contributed by atoms with van der Waals surface area (Å²) >= 11 is 0. The standard InChI is InChI=1S/C21H24N2O3/c1-15-9-10-19(26-2)16(14-15)11-12-22-21(25)17-6-3-4-7-18(17)23-13-5-8-20(23)24/h3-4,6-7,9-10,14H,5,8,11-13H2,1-2H3,(H,22,25). The van der Waals surface area contributed by atoms with Crippen LogP contribution < -0.4 is 15.0 Å². The average molecular weight is 352 g/mol. The van der Waals surface area contributed by atoms with Crippen LogP contribution in [0.2, 0.25) is 0 Å². The highest BCUT2D eigenvalue weighted by Crippen LogP contribution is 2.25. The molecule has 1 fully saturated rings. The average Bonchev–Trinajstić information content (AvgIpc) is 3.07. The summed E-state index contributed by atoms with van der Waals surface area (Å²) in [5, 5.41) is 2.96. The normalized spacial score (nSPS) is 13.8. The molecule has 0 unspecified atom stereocenters. The number of nitrogens with zero attached hydrogens (tertiary/aromatic N) is 1. The third kappa shape index (κ3) is 3.87. The number of amides is 2. The van der Waals surface area contributed by atoms with Gasteiger partial charge in [-0.05, 0) is 43.5 Å². The molecule has 5 heteroatoms. The molecule has 0 bridgehead atoms. The molecule has 0 spiro atoms. The van der Waals surface area contributed by atoms with Gasteiger partial charge in [-0.2, -0.15) is 0 Å². The van der Waals surface area contributed by atoms with Crippen molar-refractivity contribution >= 4 is 17.5 Å². The molecule has 0 saturated carbocycles. The number of ether oxygens (including phenoxy) is 1. The Hall–Kier alpha value is -2.82. The van der Waals surface area contributed by atoms with Crippen LogP contribution in [0.1, 0.15) is 34.3 Å². The van der Waals surface area contributed by atoms with E-state index in [0.717, 1.165) is 23.3 Å². The number of anilines is 1. The van der Waals surface area contributed by atoms with E-state index in [9.17, 15) is 9.59 Å². The maximum absolute atomic E-state index is 12.7. The van der Waals surface area contributed by atoms with Gasteiger partial charge in [-0.25, -0.2) is 0 Å². The number of rotatable bonds is 6. The van der Waals surface area contributed by atoms with Gasteiger partial charge in [0.15, 0.2) is 0 Å². The van der Waals surface area contributed by atoms with E-state index in [2.05, 4.69) is 11.4 Å². The molecule has 1 aliphatic rings. The lowest BCUT2D eigenvalue weighted by atomic mass is 10.1. The van der Waals surface area contributed by atoms with Gasteiger partial charge in [-0.15, -0.1) is 0 Å². The molecule has 2 amide bonds. The summed E-state index contributed by atoms with van der Waals surface area (Å²) in [6.07, 6.45) is 2.06. The van der Waals surface area contributed by atoms with E-state index in [1.54, 1.807) is 18.1 Å². The molecule has 0 atom stereocenters. The number of carbonyl (C=O) groups excluding carboxylic acids is 2. The zero-order valence-electron chi connectivity index (χ0n) is 15.2. The Morgan fingerprint density at radius 2 is 2.04 bits per heavy atom. The summed E-state index contributed by atoms with van der Waals surface area (Å²) in [6, 6.07) is 13.3. The number of nitrogens with one attached hydrogen (secondary N) is 1. The smallest absolute Gasteiger partial charge is 0.253 e. The lowest BCUT2D eigenvalue weighted by Crippen LogP contribution is -2.30. The molecule has 2 aromatic carbocycles. The number of hydrogen-bond donors (Lipinski definition) is 1. The van der Waals surface area contributed by atoms with E-state index in [1.165, 1.54) is 0 Å². The van der Waals surface area contributed by atoms with Gasteiger partial charge in [0, 0.05) is 19.5 Å². The van der Waals surface area contributed by atoms with Crippen molar-refractivity contribution < 1.29 is 14.3 Å². The first-order valence-corrected chi connectivity index (χ1v) is 8.91. The predicted octanol–water partition coefficient (Wildman–Crippen LogP) is 3.10. The Labute approximate surface area is 154 Å². The number of aryl methyl sites for hydroxylation is 1. The molecular formula is C21H24N2O3. The molecular weight excluding hydrogens is 328 g/mol. The Morgan fingerprint density at radius 3 is 2.77 bits per heavy atom. The summed E-state index contributed by atoms with van der Waals surface area (Å²) in [5.74, 6) is 0.745. The molecule has 5 nitrogen and oxygen atoms in total. The molecule has 0 aliphatic carbocycles. The highest BCUT2D eigenvalue weighted by Gasteiger charge is 2.25. The van der Waals surface area contributed by atoms with Crippen molar-refractivity contribution in [2.24, 2.45) is 0 Å². The van der Waals surface area contributed by atoms with Gasteiger partial charge < -0.3 is 15.0 Å². The topological polar surface area (TPSA) is 58.6 Å². The van der Waals surface area contributed by atoms with Crippen LogP contribution in [0.5, 0.6) is 5.75 Å². The summed E-state index contributed by atoms with van der Waals surface area (Å²) in [5.41, 5.74) is 3.46. The fourth-order valence-electron chi connectivity index (χ4n) is 3.31. The zero-order chi connectivity index (χ0) is 18.5. The van der Waals surface area contributed by atoms with E-state index < -0.39 is 0 Å². The van der Waals surface area contributed by atoms with Crippen LogP contribution in [0.4, 0.5) is 5.69 Å². The van der Waals surface area contributed by atoms with Crippen LogP contribution >= 0.6 is 0 Å². The minimum Gasteiger partial charge on any atom is -0.496 e. The van der Waals surface area contributed by atoms with Gasteiger partial charge >= 0.3 is 0 Å². The van der Waals surface area contributed by atoms with Crippen LogP contribution in [0.15, 0.2) is 42.5 Å². The fourth-order valence-corrected chi connectivity index (χ4v) is 3.31. The third-order valence-corrected chi connectivity index (χ3v) is 4.63. The minimum atomic E-state index is -0.160. The quantitative estimate of drug-likeness (QED) is 0.869. The number of carbonyl (C=O) groups is 2. The summed E-state index contributed by atoms with van der Waals surface area (Å²) in [7, 11) is 1.65. The van der Waals surface area contributed by atoms with Crippen molar-refractivity contribution in [1.29, 1.82) is 0 Å². The summed E-state index contributed by atoms with van der Waals surface area (Å²) in [6.45, 7) is 3.20. The number of methoxy groups -OCH3 is 1. The van der Waals surface area contributed by atoms with Gasteiger partial charge in [0.2, 0.25) is 5.91 Å². The molecule has 1 N–H and O–H groups in total. The van der Waals surface area contributed by atoms with Crippen LogP contribution in [0, 0.1) is 6.92 Å². The Kier molecular flexibility index (Phi) is 5.56. The van der Waals surface area contributed by atoms with Crippen molar-refractivity contribution in [3.05, 3.63) is 59.2 Å². The van der Waals surface area contributed by atoms with Crippen molar-refractivity contribution in [2.75, 3.05) is 25.1 Å². The van der Waals surface area contributed by atoms with Crippen LogP contribution in [-0.2, 0) is 11.2 Å². The van der Waals surface area contributed by atoms with Gasteiger partial charge in [-0.3, -0.25) is 9.59 Å². The van der Waals surface area contributed by atoms with Crippen molar-refractivity contribution in [2.45, 2.75) is 26.2 Å². The molecule has 1 saturated heterocycles. The second-order valence-corrected chi connectivity index (χ2v) is 6.49. The highest BCUT2D eigenvalue weighted by molar-refractivity contribution is 6.05. The second kappa shape index (κ2) is 8.04. The molecule has 1 aliphatic heterocycles. The van der Waals surface area contributed by atoms with Gasteiger partial charge in [0.1, 0.15) is 5.75 Å². The molecule has 1 heterocycles. The molecule has 0 aromatic heterocycles. The van der Waals surface area contributed by atoms with Gasteiger partial charge in [0.25, 0.3) is 5.91 Å². The third-order valence-electron chi connectivity index (χ3n) is 4.63. The molecule has 3 rings (SSSR count). The van der Waals surface area contributed by atoms with E-state index in [0.29, 0.717) is 37.2 Å². The Bertz CT molecular complexity index is 817. The summed E-state index contributed by atoms with van der Waals surface area (Å²) < 4.78 is 5.38. The largest absolute Gasteiger partial charge is 0.496 e. The molecule has 26 heavy (non-hydrogen) atoms. The van der Waals surface area contributed by atoms with Crippen molar-refractivity contribution in [3.63, 3.8) is 0 Å². The number of para-hydroxylation sites is 1. The minimum absolute atomic E-state index is 0.0785. The summed E-state index contributed by atoms with van der Waals surface area (Å²) in [4.78, 5) is 26.4. The van der Waals surface area contributed by atoms with Crippen molar-refractivity contribution in [1.82, 2.24) is 5.32 Å². The Morgan fingerprint density at radius 1 is 1.23 bits per heavy atom. The molecule has 0 radical (unpaired) electrons. The van der Waals surface area contributed by atoms with Gasteiger partial charge in [0.05, 0.1) is 18.4 Å². The van der Waals surface area contributed by atoms with E-state index in [4.69, 9.17) is 4.74 Å². The maximum atomic E-state index is 12.7. The zero-order valence-corrected chi connectivity index (χ0v) is 15.2. The lowest BCUT2D eigenvalue weighted by molar-refractivity contribution is -0.117.